The molecule has 1 aromatic rings. The zero-order valence-corrected chi connectivity index (χ0v) is 13.7. The van der Waals surface area contributed by atoms with Crippen LogP contribution in [0.5, 0.6) is 0 Å². The maximum atomic E-state index is 12.2. The Morgan fingerprint density at radius 1 is 1.05 bits per heavy atom. The third-order valence-electron chi connectivity index (χ3n) is 4.92. The molecule has 1 saturated carbocycles. The van der Waals surface area contributed by atoms with Crippen molar-refractivity contribution in [1.82, 2.24) is 5.32 Å². The summed E-state index contributed by atoms with van der Waals surface area (Å²) in [6, 6.07) is 8.20. The molecule has 1 N–H and O–H groups in total. The van der Waals surface area contributed by atoms with E-state index < -0.39 is 9.84 Å². The average molecular weight is 307 g/mol. The Morgan fingerprint density at radius 3 is 2.43 bits per heavy atom. The summed E-state index contributed by atoms with van der Waals surface area (Å²) in [5, 5.41) is 3.75. The molecule has 3 rings (SSSR count). The SMILES string of the molecule is CC1CC(C)CC(NC2CCS(=O)(=O)c3ccccc32)C1. The maximum absolute atomic E-state index is 12.2. The highest BCUT2D eigenvalue weighted by Gasteiger charge is 2.32. The van der Waals surface area contributed by atoms with E-state index in [1.165, 1.54) is 19.3 Å². The predicted octanol–water partition coefficient (Wildman–Crippen LogP) is 3.32. The van der Waals surface area contributed by atoms with Gasteiger partial charge in [-0.1, -0.05) is 32.0 Å². The smallest absolute Gasteiger partial charge is 0.178 e. The topological polar surface area (TPSA) is 46.2 Å². The zero-order valence-electron chi connectivity index (χ0n) is 12.9. The van der Waals surface area contributed by atoms with Gasteiger partial charge in [0.25, 0.3) is 0 Å². The van der Waals surface area contributed by atoms with E-state index in [1.54, 1.807) is 6.07 Å². The van der Waals surface area contributed by atoms with Crippen LogP contribution in [-0.4, -0.2) is 20.2 Å². The number of fused-ring (bicyclic) bond motifs is 1. The Kier molecular flexibility index (Phi) is 4.10. The summed E-state index contributed by atoms with van der Waals surface area (Å²) in [6.45, 7) is 4.65. The summed E-state index contributed by atoms with van der Waals surface area (Å²) >= 11 is 0. The molecule has 1 fully saturated rings. The van der Waals surface area contributed by atoms with E-state index in [4.69, 9.17) is 0 Å². The van der Waals surface area contributed by atoms with Gasteiger partial charge in [0.05, 0.1) is 10.6 Å². The van der Waals surface area contributed by atoms with Crippen molar-refractivity contribution in [3.05, 3.63) is 29.8 Å². The quantitative estimate of drug-likeness (QED) is 0.911. The monoisotopic (exact) mass is 307 g/mol. The highest BCUT2D eigenvalue weighted by molar-refractivity contribution is 7.91. The summed E-state index contributed by atoms with van der Waals surface area (Å²) in [5.74, 6) is 1.78. The minimum Gasteiger partial charge on any atom is -0.307 e. The Morgan fingerprint density at radius 2 is 1.71 bits per heavy atom. The first-order valence-electron chi connectivity index (χ1n) is 8.03. The Balaban J connectivity index is 1.81. The first-order valence-corrected chi connectivity index (χ1v) is 9.68. The number of benzene rings is 1. The molecule has 1 aliphatic heterocycles. The third-order valence-corrected chi connectivity index (χ3v) is 6.74. The van der Waals surface area contributed by atoms with Crippen LogP contribution in [0.25, 0.3) is 0 Å². The molecular formula is C17H25NO2S. The summed E-state index contributed by atoms with van der Waals surface area (Å²) < 4.78 is 24.4. The van der Waals surface area contributed by atoms with Crippen molar-refractivity contribution < 1.29 is 8.42 Å². The van der Waals surface area contributed by atoms with Crippen LogP contribution < -0.4 is 5.32 Å². The van der Waals surface area contributed by atoms with Gasteiger partial charge in [0, 0.05) is 12.1 Å². The minimum atomic E-state index is -3.08. The zero-order chi connectivity index (χ0) is 15.0. The van der Waals surface area contributed by atoms with Crippen molar-refractivity contribution in [2.75, 3.05) is 5.75 Å². The van der Waals surface area contributed by atoms with Crippen molar-refractivity contribution in [2.45, 2.75) is 56.5 Å². The number of hydrogen-bond acceptors (Lipinski definition) is 3. The van der Waals surface area contributed by atoms with Gasteiger partial charge < -0.3 is 5.32 Å². The molecule has 0 amide bonds. The molecule has 116 valence electrons. The Hall–Kier alpha value is -0.870. The molecular weight excluding hydrogens is 282 g/mol. The van der Waals surface area contributed by atoms with Crippen LogP contribution in [0.2, 0.25) is 0 Å². The molecule has 4 heteroatoms. The van der Waals surface area contributed by atoms with Crippen LogP contribution in [-0.2, 0) is 9.84 Å². The van der Waals surface area contributed by atoms with E-state index in [0.29, 0.717) is 17.4 Å². The van der Waals surface area contributed by atoms with Crippen LogP contribution >= 0.6 is 0 Å². The molecule has 1 aromatic carbocycles. The van der Waals surface area contributed by atoms with Gasteiger partial charge in [0.15, 0.2) is 9.84 Å². The largest absolute Gasteiger partial charge is 0.307 e. The standard InChI is InChI=1S/C17H25NO2S/c1-12-9-13(2)11-14(10-12)18-16-7-8-21(19,20)17-6-4-3-5-15(16)17/h3-6,12-14,16,18H,7-11H2,1-2H3. The predicted molar refractivity (Wildman–Crippen MR) is 85.0 cm³/mol. The molecule has 2 aliphatic rings. The van der Waals surface area contributed by atoms with Gasteiger partial charge in [-0.15, -0.1) is 0 Å². The summed E-state index contributed by atoms with van der Waals surface area (Å²) in [7, 11) is -3.08. The van der Waals surface area contributed by atoms with E-state index in [-0.39, 0.29) is 11.8 Å². The normalized spacial score (nSPS) is 35.1. The fourth-order valence-corrected chi connectivity index (χ4v) is 5.75. The summed E-state index contributed by atoms with van der Waals surface area (Å²) in [4.78, 5) is 0.533. The molecule has 0 aromatic heterocycles. The molecule has 0 saturated heterocycles. The molecule has 0 radical (unpaired) electrons. The molecule has 3 nitrogen and oxygen atoms in total. The molecule has 21 heavy (non-hydrogen) atoms. The van der Waals surface area contributed by atoms with E-state index in [9.17, 15) is 8.42 Å². The lowest BCUT2D eigenvalue weighted by Gasteiger charge is -2.36. The van der Waals surface area contributed by atoms with Crippen molar-refractivity contribution in [2.24, 2.45) is 11.8 Å². The van der Waals surface area contributed by atoms with Crippen LogP contribution in [0.4, 0.5) is 0 Å². The van der Waals surface area contributed by atoms with Crippen LogP contribution in [0, 0.1) is 11.8 Å². The van der Waals surface area contributed by atoms with Crippen LogP contribution in [0.1, 0.15) is 51.1 Å². The molecule has 1 heterocycles. The number of sulfone groups is 1. The molecule has 3 atom stereocenters. The second-order valence-corrected chi connectivity index (χ2v) is 9.06. The van der Waals surface area contributed by atoms with Crippen molar-refractivity contribution in [3.8, 4) is 0 Å². The van der Waals surface area contributed by atoms with Crippen LogP contribution in [0.3, 0.4) is 0 Å². The third kappa shape index (κ3) is 3.16. The van der Waals surface area contributed by atoms with E-state index in [1.807, 2.05) is 18.2 Å². The second kappa shape index (κ2) is 5.73. The average Bonchev–Trinajstić information content (AvgIpc) is 2.41. The van der Waals surface area contributed by atoms with Crippen LogP contribution in [0.15, 0.2) is 29.2 Å². The van der Waals surface area contributed by atoms with Gasteiger partial charge >= 0.3 is 0 Å². The fourth-order valence-electron chi connectivity index (χ4n) is 4.13. The minimum absolute atomic E-state index is 0.187. The first-order chi connectivity index (χ1) is 9.95. The van der Waals surface area contributed by atoms with E-state index >= 15 is 0 Å². The summed E-state index contributed by atoms with van der Waals surface area (Å²) in [6.07, 6.45) is 4.41. The number of nitrogens with one attached hydrogen (secondary N) is 1. The van der Waals surface area contributed by atoms with Crippen molar-refractivity contribution >= 4 is 9.84 Å². The first kappa shape index (κ1) is 15.0. The van der Waals surface area contributed by atoms with Gasteiger partial charge in [-0.2, -0.15) is 0 Å². The number of rotatable bonds is 2. The van der Waals surface area contributed by atoms with Gasteiger partial charge in [0.2, 0.25) is 0 Å². The molecule has 3 unspecified atom stereocenters. The van der Waals surface area contributed by atoms with Gasteiger partial charge in [-0.25, -0.2) is 8.42 Å². The second-order valence-electron chi connectivity index (χ2n) is 6.98. The lowest BCUT2D eigenvalue weighted by molar-refractivity contribution is 0.223. The molecule has 1 aliphatic carbocycles. The number of hydrogen-bond donors (Lipinski definition) is 1. The Labute approximate surface area is 128 Å². The van der Waals surface area contributed by atoms with Crippen molar-refractivity contribution in [1.29, 1.82) is 0 Å². The lowest BCUT2D eigenvalue weighted by Crippen LogP contribution is -2.40. The van der Waals surface area contributed by atoms with Gasteiger partial charge in [-0.3, -0.25) is 0 Å². The van der Waals surface area contributed by atoms with E-state index in [0.717, 1.165) is 17.4 Å². The van der Waals surface area contributed by atoms with Crippen molar-refractivity contribution in [3.63, 3.8) is 0 Å². The molecule has 0 spiro atoms. The summed E-state index contributed by atoms with van der Waals surface area (Å²) in [5.41, 5.74) is 0.967. The van der Waals surface area contributed by atoms with Gasteiger partial charge in [-0.05, 0) is 49.1 Å². The fraction of sp³-hybridized carbons (Fsp3) is 0.647. The molecule has 0 bridgehead atoms. The Bertz CT molecular complexity index is 601. The maximum Gasteiger partial charge on any atom is 0.178 e. The van der Waals surface area contributed by atoms with Gasteiger partial charge in [0.1, 0.15) is 0 Å². The highest BCUT2D eigenvalue weighted by Crippen LogP contribution is 2.35. The van der Waals surface area contributed by atoms with E-state index in [2.05, 4.69) is 19.2 Å². The lowest BCUT2D eigenvalue weighted by atomic mass is 9.80. The highest BCUT2D eigenvalue weighted by atomic mass is 32.2.